The lowest BCUT2D eigenvalue weighted by Crippen LogP contribution is -2.29. The Labute approximate surface area is 111 Å². The smallest absolute Gasteiger partial charge is 0.123 e. The van der Waals surface area contributed by atoms with Gasteiger partial charge in [-0.2, -0.15) is 0 Å². The van der Waals surface area contributed by atoms with E-state index in [2.05, 4.69) is 5.43 Å². The van der Waals surface area contributed by atoms with E-state index in [9.17, 15) is 4.39 Å². The molecule has 0 fully saturated rings. The molecule has 0 saturated carbocycles. The Morgan fingerprint density at radius 1 is 1.22 bits per heavy atom. The predicted octanol–water partition coefficient (Wildman–Crippen LogP) is 3.34. The fourth-order valence-electron chi connectivity index (χ4n) is 2.01. The molecule has 0 amide bonds. The van der Waals surface area contributed by atoms with Gasteiger partial charge in [-0.25, -0.2) is 9.82 Å². The second kappa shape index (κ2) is 5.48. The van der Waals surface area contributed by atoms with Crippen LogP contribution in [0.2, 0.25) is 5.02 Å². The molecular weight excluding hydrogens is 251 g/mol. The standard InChI is InChI=1S/C14H14ClFN2/c1-9-7-12(16)5-6-13(9)14(18-17)10-3-2-4-11(15)8-10/h2-8,14,18H,17H2,1H3. The molecule has 0 saturated heterocycles. The number of benzene rings is 2. The summed E-state index contributed by atoms with van der Waals surface area (Å²) in [7, 11) is 0. The zero-order valence-corrected chi connectivity index (χ0v) is 10.7. The molecule has 0 aliphatic rings. The molecule has 2 aromatic rings. The monoisotopic (exact) mass is 264 g/mol. The summed E-state index contributed by atoms with van der Waals surface area (Å²) >= 11 is 5.97. The lowest BCUT2D eigenvalue weighted by molar-refractivity contribution is 0.612. The van der Waals surface area contributed by atoms with Crippen LogP contribution in [-0.2, 0) is 0 Å². The molecule has 0 spiro atoms. The fourth-order valence-corrected chi connectivity index (χ4v) is 2.21. The van der Waals surface area contributed by atoms with Gasteiger partial charge in [0.2, 0.25) is 0 Å². The van der Waals surface area contributed by atoms with E-state index in [1.54, 1.807) is 12.1 Å². The molecule has 0 radical (unpaired) electrons. The Hall–Kier alpha value is -1.42. The van der Waals surface area contributed by atoms with Gasteiger partial charge in [-0.15, -0.1) is 0 Å². The highest BCUT2D eigenvalue weighted by atomic mass is 35.5. The molecular formula is C14H14ClFN2. The zero-order chi connectivity index (χ0) is 13.1. The Morgan fingerprint density at radius 2 is 2.00 bits per heavy atom. The number of aryl methyl sites for hydroxylation is 1. The van der Waals surface area contributed by atoms with Crippen molar-refractivity contribution < 1.29 is 4.39 Å². The summed E-state index contributed by atoms with van der Waals surface area (Å²) in [5.41, 5.74) is 5.46. The van der Waals surface area contributed by atoms with Crippen molar-refractivity contribution in [2.75, 3.05) is 0 Å². The van der Waals surface area contributed by atoms with Crippen LogP contribution in [0.1, 0.15) is 22.7 Å². The number of hydrogen-bond acceptors (Lipinski definition) is 2. The first kappa shape index (κ1) is 13.0. The summed E-state index contributed by atoms with van der Waals surface area (Å²) in [6, 6.07) is 11.9. The number of rotatable bonds is 3. The first-order valence-corrected chi connectivity index (χ1v) is 5.97. The van der Waals surface area contributed by atoms with Crippen molar-refractivity contribution in [1.29, 1.82) is 0 Å². The molecule has 0 aromatic heterocycles. The van der Waals surface area contributed by atoms with Crippen LogP contribution in [0.3, 0.4) is 0 Å². The van der Waals surface area contributed by atoms with Crippen molar-refractivity contribution in [3.63, 3.8) is 0 Å². The van der Waals surface area contributed by atoms with Gasteiger partial charge in [0.15, 0.2) is 0 Å². The molecule has 2 aromatic carbocycles. The first-order valence-electron chi connectivity index (χ1n) is 5.59. The average Bonchev–Trinajstić information content (AvgIpc) is 2.33. The minimum absolute atomic E-state index is 0.204. The second-order valence-electron chi connectivity index (χ2n) is 4.16. The maximum absolute atomic E-state index is 13.1. The van der Waals surface area contributed by atoms with Gasteiger partial charge in [0.05, 0.1) is 6.04 Å². The van der Waals surface area contributed by atoms with Crippen LogP contribution in [0, 0.1) is 12.7 Å². The van der Waals surface area contributed by atoms with E-state index in [4.69, 9.17) is 17.4 Å². The van der Waals surface area contributed by atoms with Gasteiger partial charge in [0.1, 0.15) is 5.82 Å². The van der Waals surface area contributed by atoms with E-state index >= 15 is 0 Å². The summed E-state index contributed by atoms with van der Waals surface area (Å²) in [5.74, 6) is 5.36. The Balaban J connectivity index is 2.45. The third-order valence-corrected chi connectivity index (χ3v) is 3.13. The molecule has 1 unspecified atom stereocenters. The van der Waals surface area contributed by atoms with Crippen LogP contribution in [-0.4, -0.2) is 0 Å². The molecule has 0 aliphatic carbocycles. The van der Waals surface area contributed by atoms with Crippen LogP contribution in [0.5, 0.6) is 0 Å². The Morgan fingerprint density at radius 3 is 2.61 bits per heavy atom. The summed E-state index contributed by atoms with van der Waals surface area (Å²) in [6.07, 6.45) is 0. The van der Waals surface area contributed by atoms with Gasteiger partial charge in [0, 0.05) is 5.02 Å². The largest absolute Gasteiger partial charge is 0.271 e. The Bertz CT molecular complexity index is 557. The highest BCUT2D eigenvalue weighted by Crippen LogP contribution is 2.26. The van der Waals surface area contributed by atoms with Crippen molar-refractivity contribution in [3.8, 4) is 0 Å². The van der Waals surface area contributed by atoms with Gasteiger partial charge in [-0.3, -0.25) is 5.84 Å². The van der Waals surface area contributed by atoms with Gasteiger partial charge in [-0.1, -0.05) is 29.8 Å². The Kier molecular flexibility index (Phi) is 3.97. The van der Waals surface area contributed by atoms with Gasteiger partial charge < -0.3 is 0 Å². The highest BCUT2D eigenvalue weighted by Gasteiger charge is 2.15. The molecule has 0 heterocycles. The second-order valence-corrected chi connectivity index (χ2v) is 4.59. The topological polar surface area (TPSA) is 38.0 Å². The van der Waals surface area contributed by atoms with Gasteiger partial charge >= 0.3 is 0 Å². The van der Waals surface area contributed by atoms with E-state index in [1.165, 1.54) is 12.1 Å². The average molecular weight is 265 g/mol. The van der Waals surface area contributed by atoms with E-state index in [-0.39, 0.29) is 11.9 Å². The minimum Gasteiger partial charge on any atom is -0.271 e. The quantitative estimate of drug-likeness (QED) is 0.659. The SMILES string of the molecule is Cc1cc(F)ccc1C(NN)c1cccc(Cl)c1. The molecule has 2 nitrogen and oxygen atoms in total. The van der Waals surface area contributed by atoms with Gasteiger partial charge in [-0.05, 0) is 47.9 Å². The van der Waals surface area contributed by atoms with Crippen LogP contribution >= 0.6 is 11.6 Å². The molecule has 0 bridgehead atoms. The molecule has 94 valence electrons. The van der Waals surface area contributed by atoms with Crippen molar-refractivity contribution in [3.05, 3.63) is 70.0 Å². The number of hydrogen-bond donors (Lipinski definition) is 2. The zero-order valence-electron chi connectivity index (χ0n) is 9.95. The van der Waals surface area contributed by atoms with Crippen molar-refractivity contribution in [2.45, 2.75) is 13.0 Å². The van der Waals surface area contributed by atoms with Crippen LogP contribution < -0.4 is 11.3 Å². The minimum atomic E-state index is -0.252. The maximum Gasteiger partial charge on any atom is 0.123 e. The van der Waals surface area contributed by atoms with Crippen molar-refractivity contribution in [1.82, 2.24) is 5.43 Å². The molecule has 1 atom stereocenters. The van der Waals surface area contributed by atoms with Crippen LogP contribution in [0.15, 0.2) is 42.5 Å². The summed E-state index contributed by atoms with van der Waals surface area (Å²) in [6.45, 7) is 1.85. The fraction of sp³-hybridized carbons (Fsp3) is 0.143. The molecule has 18 heavy (non-hydrogen) atoms. The van der Waals surface area contributed by atoms with E-state index < -0.39 is 0 Å². The van der Waals surface area contributed by atoms with Crippen LogP contribution in [0.4, 0.5) is 4.39 Å². The predicted molar refractivity (Wildman–Crippen MR) is 71.8 cm³/mol. The summed E-state index contributed by atoms with van der Waals surface area (Å²) in [5, 5.41) is 0.646. The van der Waals surface area contributed by atoms with Crippen molar-refractivity contribution in [2.24, 2.45) is 5.84 Å². The number of nitrogens with one attached hydrogen (secondary N) is 1. The molecule has 2 rings (SSSR count). The first-order chi connectivity index (χ1) is 8.61. The number of nitrogens with two attached hydrogens (primary N) is 1. The van der Waals surface area contributed by atoms with Crippen molar-refractivity contribution >= 4 is 11.6 Å². The molecule has 3 N–H and O–H groups in total. The lowest BCUT2D eigenvalue weighted by atomic mass is 9.95. The third-order valence-electron chi connectivity index (χ3n) is 2.89. The highest BCUT2D eigenvalue weighted by molar-refractivity contribution is 6.30. The summed E-state index contributed by atoms with van der Waals surface area (Å²) < 4.78 is 13.1. The van der Waals surface area contributed by atoms with Crippen LogP contribution in [0.25, 0.3) is 0 Å². The number of hydrazine groups is 1. The third kappa shape index (κ3) is 2.70. The van der Waals surface area contributed by atoms with E-state index in [1.807, 2.05) is 25.1 Å². The van der Waals surface area contributed by atoms with E-state index in [0.717, 1.165) is 16.7 Å². The molecule has 0 aliphatic heterocycles. The number of halogens is 2. The van der Waals surface area contributed by atoms with Gasteiger partial charge in [0.25, 0.3) is 0 Å². The summed E-state index contributed by atoms with van der Waals surface area (Å²) in [4.78, 5) is 0. The lowest BCUT2D eigenvalue weighted by Gasteiger charge is -2.19. The van der Waals surface area contributed by atoms with E-state index in [0.29, 0.717) is 5.02 Å². The normalized spacial score (nSPS) is 12.4. The maximum atomic E-state index is 13.1. The molecule has 4 heteroatoms.